The highest BCUT2D eigenvalue weighted by Gasteiger charge is 2.46. The fourth-order valence-electron chi connectivity index (χ4n) is 8.21. The quantitative estimate of drug-likeness (QED) is 0.178. The minimum Gasteiger partial charge on any atom is -0.310 e. The highest BCUT2D eigenvalue weighted by atomic mass is 15.1. The summed E-state index contributed by atoms with van der Waals surface area (Å²) in [6.07, 6.45) is 0. The summed E-state index contributed by atoms with van der Waals surface area (Å²) in [6.45, 7) is 2.25. The number of aryl methyl sites for hydroxylation is 1. The predicted molar refractivity (Wildman–Crippen MR) is 206 cm³/mol. The maximum Gasteiger partial charge on any atom is 0.0714 e. The molecule has 0 unspecified atom stereocenters. The highest BCUT2D eigenvalue weighted by molar-refractivity contribution is 6.05. The van der Waals surface area contributed by atoms with Crippen molar-refractivity contribution in [3.05, 3.63) is 222 Å². The van der Waals surface area contributed by atoms with Crippen molar-refractivity contribution in [2.24, 2.45) is 0 Å². The number of nitrogens with zero attached hydrogens (tertiary/aromatic N) is 1. The van der Waals surface area contributed by atoms with Crippen LogP contribution in [0.4, 0.5) is 17.1 Å². The van der Waals surface area contributed by atoms with E-state index in [1.54, 1.807) is 0 Å². The van der Waals surface area contributed by atoms with Gasteiger partial charge in [-0.1, -0.05) is 164 Å². The molecule has 0 amide bonds. The largest absolute Gasteiger partial charge is 0.310 e. The Hall–Kier alpha value is -6.18. The van der Waals surface area contributed by atoms with Crippen molar-refractivity contribution in [2.45, 2.75) is 12.3 Å². The summed E-state index contributed by atoms with van der Waals surface area (Å²) in [5, 5.41) is 2.46. The Balaban J connectivity index is 1.38. The summed E-state index contributed by atoms with van der Waals surface area (Å²) in [7, 11) is 0. The lowest BCUT2D eigenvalue weighted by Crippen LogP contribution is -2.28. The second-order valence-electron chi connectivity index (χ2n) is 12.9. The fourth-order valence-corrected chi connectivity index (χ4v) is 8.21. The van der Waals surface area contributed by atoms with E-state index in [-0.39, 0.29) is 0 Å². The van der Waals surface area contributed by atoms with Gasteiger partial charge in [0, 0.05) is 16.9 Å². The summed E-state index contributed by atoms with van der Waals surface area (Å²) in [6, 6.07) is 71.0. The molecule has 8 aromatic rings. The molecule has 0 saturated carbocycles. The second-order valence-corrected chi connectivity index (χ2v) is 12.9. The Morgan fingerprint density at radius 2 is 1.04 bits per heavy atom. The zero-order valence-electron chi connectivity index (χ0n) is 27.4. The zero-order chi connectivity index (χ0) is 32.8. The molecular weight excluding hydrogens is 591 g/mol. The van der Waals surface area contributed by atoms with E-state index in [4.69, 9.17) is 0 Å². The molecule has 0 fully saturated rings. The van der Waals surface area contributed by atoms with Crippen LogP contribution < -0.4 is 4.90 Å². The minimum atomic E-state index is -0.483. The van der Waals surface area contributed by atoms with Crippen LogP contribution in [0.2, 0.25) is 0 Å². The van der Waals surface area contributed by atoms with Crippen molar-refractivity contribution in [1.82, 2.24) is 0 Å². The molecule has 0 N–H and O–H groups in total. The van der Waals surface area contributed by atoms with Gasteiger partial charge in [-0.3, -0.25) is 0 Å². The van der Waals surface area contributed by atoms with Gasteiger partial charge in [0.1, 0.15) is 0 Å². The molecule has 0 heterocycles. The Bertz CT molecular complexity index is 2390. The number of fused-ring (bicyclic) bond motifs is 4. The maximum atomic E-state index is 2.46. The molecular formula is C48H35N. The lowest BCUT2D eigenvalue weighted by molar-refractivity contribution is 0.768. The first-order chi connectivity index (χ1) is 24.2. The number of hydrogen-bond donors (Lipinski definition) is 0. The number of para-hydroxylation sites is 1. The lowest BCUT2D eigenvalue weighted by Gasteiger charge is -2.35. The van der Waals surface area contributed by atoms with Crippen LogP contribution in [0.1, 0.15) is 27.8 Å². The monoisotopic (exact) mass is 625 g/mol. The van der Waals surface area contributed by atoms with Crippen LogP contribution in [0.3, 0.4) is 0 Å². The van der Waals surface area contributed by atoms with Crippen LogP contribution in [0.25, 0.3) is 33.0 Å². The third-order valence-corrected chi connectivity index (χ3v) is 10.2. The van der Waals surface area contributed by atoms with Crippen molar-refractivity contribution in [1.29, 1.82) is 0 Å². The minimum absolute atomic E-state index is 0.483. The summed E-state index contributed by atoms with van der Waals surface area (Å²) >= 11 is 0. The van der Waals surface area contributed by atoms with Crippen LogP contribution in [-0.2, 0) is 5.41 Å². The summed E-state index contributed by atoms with van der Waals surface area (Å²) in [4.78, 5) is 2.45. The summed E-state index contributed by atoms with van der Waals surface area (Å²) < 4.78 is 0. The highest BCUT2D eigenvalue weighted by Crippen LogP contribution is 2.58. The van der Waals surface area contributed by atoms with Gasteiger partial charge in [-0.2, -0.15) is 0 Å². The Labute approximate surface area is 288 Å². The molecule has 0 aliphatic heterocycles. The van der Waals surface area contributed by atoms with Crippen LogP contribution in [0.15, 0.2) is 194 Å². The molecule has 1 aliphatic rings. The summed E-state index contributed by atoms with van der Waals surface area (Å²) in [5.41, 5.74) is 14.4. The number of anilines is 3. The Morgan fingerprint density at radius 1 is 0.429 bits per heavy atom. The van der Waals surface area contributed by atoms with Gasteiger partial charge in [0.15, 0.2) is 0 Å². The number of rotatable bonds is 6. The van der Waals surface area contributed by atoms with E-state index in [2.05, 4.69) is 206 Å². The van der Waals surface area contributed by atoms with Crippen LogP contribution in [0, 0.1) is 6.92 Å². The molecule has 232 valence electrons. The molecule has 0 atom stereocenters. The van der Waals surface area contributed by atoms with E-state index in [1.165, 1.54) is 60.8 Å². The Kier molecular flexibility index (Phi) is 6.99. The van der Waals surface area contributed by atoms with E-state index < -0.39 is 5.41 Å². The van der Waals surface area contributed by atoms with E-state index in [1.807, 2.05) is 0 Å². The maximum absolute atomic E-state index is 2.46. The Morgan fingerprint density at radius 3 is 1.73 bits per heavy atom. The molecule has 1 nitrogen and oxygen atoms in total. The predicted octanol–water partition coefficient (Wildman–Crippen LogP) is 12.6. The van der Waals surface area contributed by atoms with Crippen molar-refractivity contribution in [3.63, 3.8) is 0 Å². The van der Waals surface area contributed by atoms with Crippen molar-refractivity contribution in [3.8, 4) is 22.3 Å². The topological polar surface area (TPSA) is 3.24 Å². The summed E-state index contributed by atoms with van der Waals surface area (Å²) in [5.74, 6) is 0. The third-order valence-electron chi connectivity index (χ3n) is 10.2. The van der Waals surface area contributed by atoms with E-state index in [0.29, 0.717) is 0 Å². The average molecular weight is 626 g/mol. The van der Waals surface area contributed by atoms with Crippen LogP contribution in [0.5, 0.6) is 0 Å². The van der Waals surface area contributed by atoms with Gasteiger partial charge < -0.3 is 4.90 Å². The second kappa shape index (κ2) is 11.8. The van der Waals surface area contributed by atoms with E-state index in [0.717, 1.165) is 17.1 Å². The van der Waals surface area contributed by atoms with Gasteiger partial charge >= 0.3 is 0 Å². The normalized spacial score (nSPS) is 12.8. The third kappa shape index (κ3) is 4.54. The lowest BCUT2D eigenvalue weighted by atomic mass is 9.67. The molecule has 0 spiro atoms. The molecule has 0 saturated heterocycles. The first-order valence-electron chi connectivity index (χ1n) is 17.0. The van der Waals surface area contributed by atoms with Gasteiger partial charge in [0.25, 0.3) is 0 Å². The molecule has 0 bridgehead atoms. The molecule has 0 aromatic heterocycles. The standard InChI is InChI=1S/C48H35N/c1-34-17-16-28-43-46(34)42-31-30-40(33-44(42)48(43,37-21-8-3-9-22-37)38-23-10-4-11-24-38)49(39-25-12-5-13-26-39)45-32-29-35-18-14-15-27-41(35)47(45)36-19-6-2-7-20-36/h2-33H,1H3. The van der Waals surface area contributed by atoms with Crippen LogP contribution >= 0.6 is 0 Å². The smallest absolute Gasteiger partial charge is 0.0714 e. The molecule has 1 heteroatoms. The number of hydrogen-bond acceptors (Lipinski definition) is 1. The number of benzene rings is 8. The zero-order valence-corrected chi connectivity index (χ0v) is 27.4. The van der Waals surface area contributed by atoms with Gasteiger partial charge in [0.05, 0.1) is 11.1 Å². The first-order valence-corrected chi connectivity index (χ1v) is 17.0. The average Bonchev–Trinajstić information content (AvgIpc) is 3.48. The van der Waals surface area contributed by atoms with Gasteiger partial charge in [0.2, 0.25) is 0 Å². The van der Waals surface area contributed by atoms with Gasteiger partial charge in [-0.25, -0.2) is 0 Å². The molecule has 1 aliphatic carbocycles. The molecule has 9 rings (SSSR count). The van der Waals surface area contributed by atoms with Crippen molar-refractivity contribution < 1.29 is 0 Å². The van der Waals surface area contributed by atoms with E-state index >= 15 is 0 Å². The van der Waals surface area contributed by atoms with Crippen molar-refractivity contribution in [2.75, 3.05) is 4.90 Å². The van der Waals surface area contributed by atoms with E-state index in [9.17, 15) is 0 Å². The van der Waals surface area contributed by atoms with Crippen LogP contribution in [-0.4, -0.2) is 0 Å². The fraction of sp³-hybridized carbons (Fsp3) is 0.0417. The SMILES string of the molecule is Cc1cccc2c1-c1ccc(N(c3ccccc3)c3ccc4ccccc4c3-c3ccccc3)cc1C2(c1ccccc1)c1ccccc1. The first kappa shape index (κ1) is 29.0. The molecule has 8 aromatic carbocycles. The van der Waals surface area contributed by atoms with Crippen molar-refractivity contribution >= 4 is 27.8 Å². The van der Waals surface area contributed by atoms with Gasteiger partial charge in [-0.15, -0.1) is 0 Å². The molecule has 0 radical (unpaired) electrons. The molecule has 49 heavy (non-hydrogen) atoms. The van der Waals surface area contributed by atoms with Gasteiger partial charge in [-0.05, 0) is 92.5 Å².